The van der Waals surface area contributed by atoms with Crippen LogP contribution in [0.3, 0.4) is 0 Å². The fourth-order valence-corrected chi connectivity index (χ4v) is 3.00. The molecule has 0 bridgehead atoms. The minimum atomic E-state index is -1.08. The highest BCUT2D eigenvalue weighted by Gasteiger charge is 2.20. The first kappa shape index (κ1) is 15.9. The maximum absolute atomic E-state index is 12.2. The molecular weight excluding hydrogens is 260 g/mol. The number of methoxy groups -OCH3 is 1. The third-order valence-electron chi connectivity index (χ3n) is 3.09. The van der Waals surface area contributed by atoms with Gasteiger partial charge in [0.2, 0.25) is 0 Å². The minimum Gasteiger partial charge on any atom is -0.497 e. The molecule has 0 radical (unpaired) electrons. The smallest absolute Gasteiger partial charge is 0.178 e. The molecule has 4 heteroatoms. The molecular formula is C15H22O3S. The third-order valence-corrected chi connectivity index (χ3v) is 4.78. The molecule has 2 unspecified atom stereocenters. The number of carbonyl (C=O) groups is 1. The number of rotatable bonds is 8. The van der Waals surface area contributed by atoms with Crippen molar-refractivity contribution in [3.8, 4) is 5.75 Å². The van der Waals surface area contributed by atoms with Gasteiger partial charge in [0.1, 0.15) is 5.75 Å². The van der Waals surface area contributed by atoms with E-state index in [1.165, 1.54) is 0 Å². The normalized spacial score (nSPS) is 13.8. The van der Waals surface area contributed by atoms with Crippen LogP contribution in [0.15, 0.2) is 24.3 Å². The Hall–Kier alpha value is -1.16. The summed E-state index contributed by atoms with van der Waals surface area (Å²) in [7, 11) is 0.501. The lowest BCUT2D eigenvalue weighted by Crippen LogP contribution is -2.24. The molecule has 1 aromatic carbocycles. The van der Waals surface area contributed by atoms with E-state index in [1.807, 2.05) is 0 Å². The van der Waals surface area contributed by atoms with Crippen molar-refractivity contribution in [1.29, 1.82) is 0 Å². The molecule has 0 aromatic heterocycles. The topological polar surface area (TPSA) is 43.4 Å². The van der Waals surface area contributed by atoms with Gasteiger partial charge in [-0.25, -0.2) is 0 Å². The van der Waals surface area contributed by atoms with Crippen molar-refractivity contribution < 1.29 is 13.7 Å². The molecule has 0 aliphatic heterocycles. The predicted octanol–water partition coefficient (Wildman–Crippen LogP) is 3.21. The number of hydrogen-bond donors (Lipinski definition) is 0. The van der Waals surface area contributed by atoms with Gasteiger partial charge in [-0.05, 0) is 37.6 Å². The van der Waals surface area contributed by atoms with E-state index in [1.54, 1.807) is 38.3 Å². The molecule has 19 heavy (non-hydrogen) atoms. The summed E-state index contributed by atoms with van der Waals surface area (Å²) in [5.41, 5.74) is 0.595. The quantitative estimate of drug-likeness (QED) is 0.543. The first-order chi connectivity index (χ1) is 9.10. The molecule has 2 atom stereocenters. The highest BCUT2D eigenvalue weighted by Crippen LogP contribution is 2.15. The maximum atomic E-state index is 12.2. The molecule has 0 saturated heterocycles. The second-order valence-corrected chi connectivity index (χ2v) is 6.40. The molecule has 0 aliphatic carbocycles. The first-order valence-corrected chi connectivity index (χ1v) is 8.03. The Morgan fingerprint density at radius 2 is 1.89 bits per heavy atom. The van der Waals surface area contributed by atoms with E-state index in [2.05, 4.69) is 6.92 Å². The van der Waals surface area contributed by atoms with Crippen LogP contribution >= 0.6 is 0 Å². The number of carbonyl (C=O) groups excluding carboxylic acids is 1. The van der Waals surface area contributed by atoms with Gasteiger partial charge < -0.3 is 4.74 Å². The van der Waals surface area contributed by atoms with Gasteiger partial charge in [0, 0.05) is 22.1 Å². The van der Waals surface area contributed by atoms with Crippen molar-refractivity contribution >= 4 is 16.6 Å². The lowest BCUT2D eigenvalue weighted by molar-refractivity contribution is 0.0992. The molecule has 0 fully saturated rings. The number of ketones is 1. The zero-order chi connectivity index (χ0) is 14.3. The molecule has 0 heterocycles. The molecule has 1 aromatic rings. The van der Waals surface area contributed by atoms with Crippen LogP contribution < -0.4 is 4.74 Å². The summed E-state index contributed by atoms with van der Waals surface area (Å²) in [6, 6.07) is 6.95. The van der Waals surface area contributed by atoms with Crippen LogP contribution in [0.2, 0.25) is 0 Å². The molecule has 0 amide bonds. The van der Waals surface area contributed by atoms with Crippen molar-refractivity contribution in [2.45, 2.75) is 38.4 Å². The summed E-state index contributed by atoms with van der Waals surface area (Å²) in [5, 5.41) is -0.440. The van der Waals surface area contributed by atoms with Crippen LogP contribution in [0, 0.1) is 0 Å². The lowest BCUT2D eigenvalue weighted by Gasteiger charge is -2.10. The van der Waals surface area contributed by atoms with Crippen molar-refractivity contribution in [1.82, 2.24) is 0 Å². The van der Waals surface area contributed by atoms with E-state index in [0.717, 1.165) is 19.3 Å². The van der Waals surface area contributed by atoms with Crippen LogP contribution in [-0.2, 0) is 10.8 Å². The maximum Gasteiger partial charge on any atom is 0.178 e. The summed E-state index contributed by atoms with van der Waals surface area (Å²) in [5.74, 6) is 1.27. The zero-order valence-electron chi connectivity index (χ0n) is 11.8. The largest absolute Gasteiger partial charge is 0.497 e. The number of hydrogen-bond acceptors (Lipinski definition) is 3. The van der Waals surface area contributed by atoms with Crippen LogP contribution in [-0.4, -0.2) is 28.1 Å². The first-order valence-electron chi connectivity index (χ1n) is 6.65. The molecule has 0 saturated carbocycles. The summed E-state index contributed by atoms with van der Waals surface area (Å²) in [6.45, 7) is 3.85. The monoisotopic (exact) mass is 282 g/mol. The third kappa shape index (κ3) is 4.78. The molecule has 3 nitrogen and oxygen atoms in total. The molecule has 0 spiro atoms. The van der Waals surface area contributed by atoms with E-state index in [4.69, 9.17) is 4.74 Å². The van der Waals surface area contributed by atoms with Crippen LogP contribution in [0.5, 0.6) is 5.75 Å². The van der Waals surface area contributed by atoms with Gasteiger partial charge in [0.25, 0.3) is 0 Å². The number of Topliss-reactive ketones (excluding diaryl/α,β-unsaturated/α-hetero) is 1. The van der Waals surface area contributed by atoms with Gasteiger partial charge in [0.05, 0.1) is 12.4 Å². The average molecular weight is 282 g/mol. The second-order valence-electron chi connectivity index (χ2n) is 4.53. The van der Waals surface area contributed by atoms with Crippen molar-refractivity contribution in [3.05, 3.63) is 29.8 Å². The fraction of sp³-hybridized carbons (Fsp3) is 0.533. The Kier molecular flexibility index (Phi) is 6.78. The molecule has 0 N–H and O–H groups in total. The van der Waals surface area contributed by atoms with Gasteiger partial charge >= 0.3 is 0 Å². The number of ether oxygens (including phenoxy) is 1. The zero-order valence-corrected chi connectivity index (χ0v) is 12.7. The van der Waals surface area contributed by atoms with Crippen LogP contribution in [0.4, 0.5) is 0 Å². The van der Waals surface area contributed by atoms with Crippen molar-refractivity contribution in [2.75, 3.05) is 12.9 Å². The SMILES string of the molecule is CCCCCS(=O)C(C)C(=O)c1ccc(OC)cc1. The standard InChI is InChI=1S/C15H22O3S/c1-4-5-6-11-19(17)12(2)15(16)13-7-9-14(18-3)10-8-13/h7-10,12H,4-6,11H2,1-3H3. The summed E-state index contributed by atoms with van der Waals surface area (Å²) in [6.07, 6.45) is 3.08. The molecule has 106 valence electrons. The molecule has 1 rings (SSSR count). The Balaban J connectivity index is 2.62. The van der Waals surface area contributed by atoms with Gasteiger partial charge in [-0.15, -0.1) is 0 Å². The van der Waals surface area contributed by atoms with Gasteiger partial charge in [-0.1, -0.05) is 19.8 Å². The Morgan fingerprint density at radius 1 is 1.26 bits per heavy atom. The van der Waals surface area contributed by atoms with Gasteiger partial charge in [0.15, 0.2) is 5.78 Å². The van der Waals surface area contributed by atoms with Crippen molar-refractivity contribution in [3.63, 3.8) is 0 Å². The molecule has 0 aliphatic rings. The van der Waals surface area contributed by atoms with Crippen LogP contribution in [0.1, 0.15) is 43.5 Å². The summed E-state index contributed by atoms with van der Waals surface area (Å²) in [4.78, 5) is 12.2. The fourth-order valence-electron chi connectivity index (χ4n) is 1.78. The Labute approximate surface area is 117 Å². The highest BCUT2D eigenvalue weighted by molar-refractivity contribution is 7.86. The van der Waals surface area contributed by atoms with E-state index >= 15 is 0 Å². The summed E-state index contributed by atoms with van der Waals surface area (Å²) >= 11 is 0. The second kappa shape index (κ2) is 8.10. The Bertz CT molecular complexity index is 426. The minimum absolute atomic E-state index is 0.0579. The van der Waals surface area contributed by atoms with Gasteiger partial charge in [-0.3, -0.25) is 9.00 Å². The van der Waals surface area contributed by atoms with E-state index in [-0.39, 0.29) is 5.78 Å². The van der Waals surface area contributed by atoms with E-state index in [0.29, 0.717) is 17.1 Å². The predicted molar refractivity (Wildman–Crippen MR) is 79.3 cm³/mol. The average Bonchev–Trinajstić information content (AvgIpc) is 2.46. The number of unbranched alkanes of at least 4 members (excludes halogenated alkanes) is 2. The number of benzene rings is 1. The summed E-state index contributed by atoms with van der Waals surface area (Å²) < 4.78 is 17.1. The van der Waals surface area contributed by atoms with Gasteiger partial charge in [-0.2, -0.15) is 0 Å². The van der Waals surface area contributed by atoms with Crippen LogP contribution in [0.25, 0.3) is 0 Å². The Morgan fingerprint density at radius 3 is 2.42 bits per heavy atom. The van der Waals surface area contributed by atoms with E-state index < -0.39 is 16.0 Å². The lowest BCUT2D eigenvalue weighted by atomic mass is 10.1. The highest BCUT2D eigenvalue weighted by atomic mass is 32.2. The van der Waals surface area contributed by atoms with Crippen molar-refractivity contribution in [2.24, 2.45) is 0 Å². The van der Waals surface area contributed by atoms with E-state index in [9.17, 15) is 9.00 Å².